The van der Waals surface area contributed by atoms with Gasteiger partial charge in [0, 0.05) is 16.8 Å². The SMILES string of the molecule is Cc1c(Nc2ccc3oc(=O)[nH]c3c2)nc(N)nc1-c1ccccc1OC(F)F. The summed E-state index contributed by atoms with van der Waals surface area (Å²) in [7, 11) is 0. The van der Waals surface area contributed by atoms with E-state index in [0.29, 0.717) is 39.4 Å². The maximum atomic E-state index is 12.8. The second-order valence-corrected chi connectivity index (χ2v) is 6.13. The topological polar surface area (TPSA) is 119 Å². The van der Waals surface area contributed by atoms with Crippen LogP contribution in [0.2, 0.25) is 0 Å². The Morgan fingerprint density at radius 2 is 2.00 bits per heavy atom. The van der Waals surface area contributed by atoms with Crippen LogP contribution in [0.4, 0.5) is 26.2 Å². The van der Waals surface area contributed by atoms with E-state index in [0.717, 1.165) is 0 Å². The van der Waals surface area contributed by atoms with Crippen LogP contribution in [0.15, 0.2) is 51.7 Å². The minimum Gasteiger partial charge on any atom is -0.434 e. The van der Waals surface area contributed by atoms with Crippen LogP contribution in [0.3, 0.4) is 0 Å². The van der Waals surface area contributed by atoms with Gasteiger partial charge in [0.25, 0.3) is 0 Å². The van der Waals surface area contributed by atoms with Gasteiger partial charge in [-0.2, -0.15) is 13.8 Å². The summed E-state index contributed by atoms with van der Waals surface area (Å²) in [5.41, 5.74) is 8.67. The molecule has 0 saturated carbocycles. The zero-order valence-corrected chi connectivity index (χ0v) is 15.1. The van der Waals surface area contributed by atoms with E-state index in [2.05, 4.69) is 25.0 Å². The van der Waals surface area contributed by atoms with Gasteiger partial charge in [0.1, 0.15) is 11.6 Å². The molecule has 0 fully saturated rings. The molecule has 29 heavy (non-hydrogen) atoms. The molecule has 0 bridgehead atoms. The van der Waals surface area contributed by atoms with Gasteiger partial charge >= 0.3 is 12.4 Å². The number of fused-ring (bicyclic) bond motifs is 1. The molecule has 4 rings (SSSR count). The summed E-state index contributed by atoms with van der Waals surface area (Å²) < 4.78 is 35.1. The molecule has 4 N–H and O–H groups in total. The molecule has 0 aliphatic rings. The van der Waals surface area contributed by atoms with Gasteiger partial charge in [-0.3, -0.25) is 4.98 Å². The summed E-state index contributed by atoms with van der Waals surface area (Å²) >= 11 is 0. The molecule has 2 heterocycles. The first-order valence-electron chi connectivity index (χ1n) is 8.49. The summed E-state index contributed by atoms with van der Waals surface area (Å²) in [6, 6.07) is 11.3. The van der Waals surface area contributed by atoms with Crippen LogP contribution in [0.25, 0.3) is 22.4 Å². The lowest BCUT2D eigenvalue weighted by Crippen LogP contribution is -2.07. The maximum absolute atomic E-state index is 12.8. The third-order valence-electron chi connectivity index (χ3n) is 4.20. The van der Waals surface area contributed by atoms with Gasteiger partial charge < -0.3 is 20.2 Å². The summed E-state index contributed by atoms with van der Waals surface area (Å²) in [6.07, 6.45) is 0. The molecule has 0 aliphatic heterocycles. The van der Waals surface area contributed by atoms with Crippen molar-refractivity contribution in [1.29, 1.82) is 0 Å². The standard InChI is InChI=1S/C19H15F2N5O3/c1-9-15(11-4-2-3-5-13(11)28-17(20)21)25-18(22)26-16(9)23-10-6-7-14-12(8-10)24-19(27)29-14/h2-8,17H,1H3,(H,24,27)(H3,22,23,25,26). The van der Waals surface area contributed by atoms with Crippen LogP contribution in [0, 0.1) is 6.92 Å². The lowest BCUT2D eigenvalue weighted by molar-refractivity contribution is -0.0494. The number of H-pyrrole nitrogens is 1. The number of nitrogen functional groups attached to an aromatic ring is 1. The molecule has 0 amide bonds. The Hall–Kier alpha value is -3.95. The summed E-state index contributed by atoms with van der Waals surface area (Å²) in [5, 5.41) is 3.10. The molecule has 8 nitrogen and oxygen atoms in total. The number of nitrogens with two attached hydrogens (primary N) is 1. The number of ether oxygens (including phenoxy) is 1. The van der Waals surface area contributed by atoms with E-state index in [1.165, 1.54) is 6.07 Å². The third kappa shape index (κ3) is 3.72. The van der Waals surface area contributed by atoms with Crippen molar-refractivity contribution in [3.63, 3.8) is 0 Å². The second-order valence-electron chi connectivity index (χ2n) is 6.13. The number of nitrogens with zero attached hydrogens (tertiary/aromatic N) is 2. The Morgan fingerprint density at radius 1 is 1.21 bits per heavy atom. The van der Waals surface area contributed by atoms with Crippen LogP contribution in [0.1, 0.15) is 5.56 Å². The fraction of sp³-hybridized carbons (Fsp3) is 0.105. The third-order valence-corrected chi connectivity index (χ3v) is 4.20. The van der Waals surface area contributed by atoms with E-state index in [1.807, 2.05) is 0 Å². The van der Waals surface area contributed by atoms with Crippen LogP contribution in [0.5, 0.6) is 5.75 Å². The number of halogens is 2. The number of nitrogens with one attached hydrogen (secondary N) is 2. The molecule has 0 atom stereocenters. The van der Waals surface area contributed by atoms with Crippen molar-refractivity contribution in [2.75, 3.05) is 11.1 Å². The van der Waals surface area contributed by atoms with Gasteiger partial charge in [-0.25, -0.2) is 9.78 Å². The summed E-state index contributed by atoms with van der Waals surface area (Å²) in [4.78, 5) is 22.3. The van der Waals surface area contributed by atoms with Gasteiger partial charge in [0.2, 0.25) is 5.95 Å². The Kier molecular flexibility index (Phi) is 4.59. The molecule has 10 heteroatoms. The number of hydrogen-bond donors (Lipinski definition) is 3. The van der Waals surface area contributed by atoms with E-state index in [9.17, 15) is 13.6 Å². The minimum absolute atomic E-state index is 0.0213. The van der Waals surface area contributed by atoms with Gasteiger partial charge in [-0.15, -0.1) is 0 Å². The Balaban J connectivity index is 1.76. The highest BCUT2D eigenvalue weighted by atomic mass is 19.3. The number of para-hydroxylation sites is 1. The fourth-order valence-corrected chi connectivity index (χ4v) is 2.95. The largest absolute Gasteiger partial charge is 0.434 e. The first-order valence-corrected chi connectivity index (χ1v) is 8.49. The lowest BCUT2D eigenvalue weighted by Gasteiger charge is -2.15. The zero-order chi connectivity index (χ0) is 20.5. The minimum atomic E-state index is -2.97. The molecule has 0 spiro atoms. The number of anilines is 3. The van der Waals surface area contributed by atoms with E-state index < -0.39 is 12.4 Å². The van der Waals surface area contributed by atoms with Crippen molar-refractivity contribution in [3.05, 3.63) is 58.6 Å². The van der Waals surface area contributed by atoms with Crippen LogP contribution in [-0.4, -0.2) is 21.6 Å². The molecule has 0 radical (unpaired) electrons. The Bertz CT molecular complexity index is 1250. The normalized spacial score (nSPS) is 11.2. The Labute approximate surface area is 162 Å². The summed E-state index contributed by atoms with van der Waals surface area (Å²) in [6.45, 7) is -1.24. The number of aromatic nitrogens is 3. The number of rotatable bonds is 5. The predicted molar refractivity (Wildman–Crippen MR) is 103 cm³/mol. The van der Waals surface area contributed by atoms with E-state index in [-0.39, 0.29) is 11.7 Å². The van der Waals surface area contributed by atoms with Gasteiger partial charge in [-0.05, 0) is 37.3 Å². The van der Waals surface area contributed by atoms with Gasteiger partial charge in [0.05, 0.1) is 11.2 Å². The second kappa shape index (κ2) is 7.23. The number of aromatic amines is 1. The molecule has 0 unspecified atom stereocenters. The molecular weight excluding hydrogens is 384 g/mol. The maximum Gasteiger partial charge on any atom is 0.417 e. The highest BCUT2D eigenvalue weighted by Gasteiger charge is 2.17. The monoisotopic (exact) mass is 399 g/mol. The highest BCUT2D eigenvalue weighted by Crippen LogP contribution is 2.35. The number of hydrogen-bond acceptors (Lipinski definition) is 7. The first-order chi connectivity index (χ1) is 13.9. The van der Waals surface area contributed by atoms with Crippen LogP contribution in [-0.2, 0) is 0 Å². The average molecular weight is 399 g/mol. The molecule has 2 aromatic carbocycles. The smallest absolute Gasteiger partial charge is 0.417 e. The van der Waals surface area contributed by atoms with Crippen molar-refractivity contribution in [3.8, 4) is 17.0 Å². The van der Waals surface area contributed by atoms with Crippen molar-refractivity contribution in [1.82, 2.24) is 15.0 Å². The molecule has 0 saturated heterocycles. The van der Waals surface area contributed by atoms with Gasteiger partial charge in [0.15, 0.2) is 5.58 Å². The molecule has 2 aromatic heterocycles. The molecule has 148 valence electrons. The van der Waals surface area contributed by atoms with Crippen molar-refractivity contribution >= 4 is 28.6 Å². The predicted octanol–water partition coefficient (Wildman–Crippen LogP) is 3.81. The van der Waals surface area contributed by atoms with Crippen LogP contribution >= 0.6 is 0 Å². The highest BCUT2D eigenvalue weighted by molar-refractivity contribution is 5.80. The fourth-order valence-electron chi connectivity index (χ4n) is 2.95. The lowest BCUT2D eigenvalue weighted by atomic mass is 10.1. The first kappa shape index (κ1) is 18.4. The molecule has 4 aromatic rings. The van der Waals surface area contributed by atoms with E-state index in [4.69, 9.17) is 10.2 Å². The van der Waals surface area contributed by atoms with Crippen molar-refractivity contribution in [2.24, 2.45) is 0 Å². The van der Waals surface area contributed by atoms with Gasteiger partial charge in [-0.1, -0.05) is 12.1 Å². The average Bonchev–Trinajstić information content (AvgIpc) is 3.04. The zero-order valence-electron chi connectivity index (χ0n) is 15.1. The summed E-state index contributed by atoms with van der Waals surface area (Å²) in [5.74, 6) is -0.244. The van der Waals surface area contributed by atoms with Crippen molar-refractivity contribution < 1.29 is 17.9 Å². The quantitative estimate of drug-likeness (QED) is 0.467. The number of benzene rings is 2. The van der Waals surface area contributed by atoms with Crippen LogP contribution < -0.4 is 21.5 Å². The van der Waals surface area contributed by atoms with Crippen molar-refractivity contribution in [2.45, 2.75) is 13.5 Å². The molecule has 0 aliphatic carbocycles. The molecular formula is C19H15F2N5O3. The number of oxazole rings is 1. The Morgan fingerprint density at radius 3 is 2.79 bits per heavy atom. The number of alkyl halides is 2. The van der Waals surface area contributed by atoms with E-state index in [1.54, 1.807) is 43.3 Å². The van der Waals surface area contributed by atoms with E-state index >= 15 is 0 Å².